The topological polar surface area (TPSA) is 81.9 Å². The predicted molar refractivity (Wildman–Crippen MR) is 86.0 cm³/mol. The van der Waals surface area contributed by atoms with Gasteiger partial charge in [-0.05, 0) is 24.1 Å². The van der Waals surface area contributed by atoms with Gasteiger partial charge in [0.1, 0.15) is 11.8 Å². The van der Waals surface area contributed by atoms with Crippen molar-refractivity contribution in [3.63, 3.8) is 0 Å². The Labute approximate surface area is 136 Å². The lowest BCUT2D eigenvalue weighted by atomic mass is 10.1. The molecule has 1 fully saturated rings. The van der Waals surface area contributed by atoms with Crippen molar-refractivity contribution in [3.8, 4) is 5.75 Å². The number of benzene rings is 1. The molecular weight excluding hydrogens is 296 g/mol. The predicted octanol–water partition coefficient (Wildman–Crippen LogP) is 1.12. The fourth-order valence-corrected chi connectivity index (χ4v) is 2.75. The summed E-state index contributed by atoms with van der Waals surface area (Å²) >= 11 is 0. The van der Waals surface area contributed by atoms with Crippen LogP contribution in [0.2, 0.25) is 0 Å². The van der Waals surface area contributed by atoms with Crippen LogP contribution in [0.15, 0.2) is 24.3 Å². The molecule has 1 saturated heterocycles. The van der Waals surface area contributed by atoms with Gasteiger partial charge in [-0.25, -0.2) is 0 Å². The molecule has 6 nitrogen and oxygen atoms in total. The Morgan fingerprint density at radius 3 is 2.83 bits per heavy atom. The lowest BCUT2D eigenvalue weighted by Gasteiger charge is -2.22. The maximum Gasteiger partial charge on any atom is 0.240 e. The smallest absolute Gasteiger partial charge is 0.240 e. The van der Waals surface area contributed by atoms with Gasteiger partial charge in [0.15, 0.2) is 0 Å². The first-order valence-corrected chi connectivity index (χ1v) is 7.88. The summed E-state index contributed by atoms with van der Waals surface area (Å²) in [7, 11) is 1.57. The summed E-state index contributed by atoms with van der Waals surface area (Å²) in [4.78, 5) is 25.6. The van der Waals surface area contributed by atoms with Crippen LogP contribution in [0, 0.1) is 0 Å². The molecule has 2 atom stereocenters. The number of nitrogens with two attached hydrogens (primary N) is 1. The Bertz CT molecular complexity index is 561. The summed E-state index contributed by atoms with van der Waals surface area (Å²) in [5, 5.41) is 0. The van der Waals surface area contributed by atoms with Crippen molar-refractivity contribution in [1.82, 2.24) is 4.90 Å². The first kappa shape index (κ1) is 17.3. The second kappa shape index (κ2) is 7.97. The standard InChI is InChI=1S/C17H24N2O4/c1-3-7-23-13-6-4-5-12(8-13)9-16(20)19-11-14(22-2)10-15(19)17(18)21/h4-6,8,14-15H,3,7,9-11H2,1-2H3,(H2,18,21)/t14-,15-/m0/s1. The van der Waals surface area contributed by atoms with Crippen LogP contribution in [-0.4, -0.2) is 49.1 Å². The lowest BCUT2D eigenvalue weighted by molar-refractivity contribution is -0.136. The van der Waals surface area contributed by atoms with Crippen molar-refractivity contribution in [2.45, 2.75) is 38.3 Å². The number of hydrogen-bond acceptors (Lipinski definition) is 4. The SMILES string of the molecule is CCCOc1cccc(CC(=O)N2C[C@@H](OC)C[C@H]2C(N)=O)c1. The first-order chi connectivity index (χ1) is 11.0. The summed E-state index contributed by atoms with van der Waals surface area (Å²) in [6.07, 6.45) is 1.45. The Morgan fingerprint density at radius 1 is 1.39 bits per heavy atom. The highest BCUT2D eigenvalue weighted by molar-refractivity contribution is 5.88. The van der Waals surface area contributed by atoms with E-state index in [-0.39, 0.29) is 18.4 Å². The van der Waals surface area contributed by atoms with Crippen LogP contribution in [0.5, 0.6) is 5.75 Å². The van der Waals surface area contributed by atoms with E-state index in [1.807, 2.05) is 31.2 Å². The van der Waals surface area contributed by atoms with E-state index in [4.69, 9.17) is 15.2 Å². The summed E-state index contributed by atoms with van der Waals surface area (Å²) in [5.74, 6) is 0.138. The van der Waals surface area contributed by atoms with Crippen molar-refractivity contribution in [1.29, 1.82) is 0 Å². The summed E-state index contributed by atoms with van der Waals surface area (Å²) in [6, 6.07) is 6.87. The van der Waals surface area contributed by atoms with Crippen molar-refractivity contribution >= 4 is 11.8 Å². The van der Waals surface area contributed by atoms with E-state index in [0.717, 1.165) is 17.7 Å². The van der Waals surface area contributed by atoms with E-state index < -0.39 is 11.9 Å². The van der Waals surface area contributed by atoms with E-state index in [9.17, 15) is 9.59 Å². The number of carbonyl (C=O) groups excluding carboxylic acids is 2. The maximum absolute atomic E-state index is 12.5. The van der Waals surface area contributed by atoms with Gasteiger partial charge >= 0.3 is 0 Å². The van der Waals surface area contributed by atoms with Crippen molar-refractivity contribution in [3.05, 3.63) is 29.8 Å². The minimum Gasteiger partial charge on any atom is -0.494 e. The molecule has 2 rings (SSSR count). The number of nitrogens with zero attached hydrogens (tertiary/aromatic N) is 1. The number of rotatable bonds is 7. The zero-order chi connectivity index (χ0) is 16.8. The molecule has 1 aliphatic heterocycles. The number of ether oxygens (including phenoxy) is 2. The quantitative estimate of drug-likeness (QED) is 0.816. The molecule has 0 aromatic heterocycles. The molecule has 1 heterocycles. The van der Waals surface area contributed by atoms with Gasteiger partial charge in [0, 0.05) is 20.1 Å². The van der Waals surface area contributed by atoms with Crippen LogP contribution < -0.4 is 10.5 Å². The third kappa shape index (κ3) is 4.45. The summed E-state index contributed by atoms with van der Waals surface area (Å²) < 4.78 is 10.8. The molecule has 6 heteroatoms. The second-order valence-corrected chi connectivity index (χ2v) is 5.73. The van der Waals surface area contributed by atoms with Crippen LogP contribution in [0.1, 0.15) is 25.3 Å². The van der Waals surface area contributed by atoms with Crippen molar-refractivity contribution in [2.75, 3.05) is 20.3 Å². The number of amides is 2. The molecule has 2 amide bonds. The minimum atomic E-state index is -0.591. The molecule has 1 aromatic rings. The average molecular weight is 320 g/mol. The van der Waals surface area contributed by atoms with E-state index in [1.54, 1.807) is 7.11 Å². The van der Waals surface area contributed by atoms with Gasteiger partial charge in [0.2, 0.25) is 11.8 Å². The van der Waals surface area contributed by atoms with Crippen molar-refractivity contribution < 1.29 is 19.1 Å². The number of carbonyl (C=O) groups is 2. The molecule has 0 aliphatic carbocycles. The highest BCUT2D eigenvalue weighted by atomic mass is 16.5. The Morgan fingerprint density at radius 2 is 2.17 bits per heavy atom. The molecule has 1 aromatic carbocycles. The average Bonchev–Trinajstić information content (AvgIpc) is 2.98. The van der Waals surface area contributed by atoms with E-state index in [1.165, 1.54) is 4.90 Å². The molecule has 126 valence electrons. The third-order valence-corrected chi connectivity index (χ3v) is 3.97. The number of primary amides is 1. The van der Waals surface area contributed by atoms with Gasteiger partial charge in [-0.2, -0.15) is 0 Å². The van der Waals surface area contributed by atoms with Gasteiger partial charge in [0.05, 0.1) is 19.1 Å². The summed E-state index contributed by atoms with van der Waals surface area (Å²) in [5.41, 5.74) is 6.26. The lowest BCUT2D eigenvalue weighted by Crippen LogP contribution is -2.44. The van der Waals surface area contributed by atoms with Gasteiger partial charge in [-0.15, -0.1) is 0 Å². The molecule has 1 aliphatic rings. The van der Waals surface area contributed by atoms with Gasteiger partial charge in [-0.1, -0.05) is 19.1 Å². The Hall–Kier alpha value is -2.08. The Kier molecular flexibility index (Phi) is 5.98. The molecule has 0 radical (unpaired) electrons. The minimum absolute atomic E-state index is 0.124. The molecule has 23 heavy (non-hydrogen) atoms. The van der Waals surface area contributed by atoms with Gasteiger partial charge < -0.3 is 20.1 Å². The zero-order valence-electron chi connectivity index (χ0n) is 13.7. The van der Waals surface area contributed by atoms with Crippen molar-refractivity contribution in [2.24, 2.45) is 5.73 Å². The fourth-order valence-electron chi connectivity index (χ4n) is 2.75. The van der Waals surface area contributed by atoms with E-state index >= 15 is 0 Å². The first-order valence-electron chi connectivity index (χ1n) is 7.88. The summed E-state index contributed by atoms with van der Waals surface area (Å²) in [6.45, 7) is 3.08. The highest BCUT2D eigenvalue weighted by Crippen LogP contribution is 2.22. The molecular formula is C17H24N2O4. The van der Waals surface area contributed by atoms with Crippen LogP contribution in [0.4, 0.5) is 0 Å². The van der Waals surface area contributed by atoms with Crippen LogP contribution in [-0.2, 0) is 20.7 Å². The van der Waals surface area contributed by atoms with E-state index in [2.05, 4.69) is 0 Å². The number of likely N-dealkylation sites (tertiary alicyclic amines) is 1. The molecule has 0 saturated carbocycles. The van der Waals surface area contributed by atoms with Crippen LogP contribution in [0.3, 0.4) is 0 Å². The molecule has 2 N–H and O–H groups in total. The molecule has 0 bridgehead atoms. The van der Waals surface area contributed by atoms with Crippen LogP contribution in [0.25, 0.3) is 0 Å². The number of methoxy groups -OCH3 is 1. The zero-order valence-corrected chi connectivity index (χ0v) is 13.7. The van der Waals surface area contributed by atoms with Gasteiger partial charge in [-0.3, -0.25) is 9.59 Å². The Balaban J connectivity index is 2.04. The van der Waals surface area contributed by atoms with Crippen LogP contribution >= 0.6 is 0 Å². The molecule has 0 spiro atoms. The number of hydrogen-bond donors (Lipinski definition) is 1. The molecule has 0 unspecified atom stereocenters. The third-order valence-electron chi connectivity index (χ3n) is 3.97. The van der Waals surface area contributed by atoms with E-state index in [0.29, 0.717) is 19.6 Å². The normalized spacial score (nSPS) is 20.5. The second-order valence-electron chi connectivity index (χ2n) is 5.73. The van der Waals surface area contributed by atoms with Gasteiger partial charge in [0.25, 0.3) is 0 Å². The highest BCUT2D eigenvalue weighted by Gasteiger charge is 2.38. The maximum atomic E-state index is 12.5. The largest absolute Gasteiger partial charge is 0.494 e. The monoisotopic (exact) mass is 320 g/mol. The fraction of sp³-hybridized carbons (Fsp3) is 0.529.